The number of nitrogens with zero attached hydrogens (tertiary/aromatic N) is 4. The van der Waals surface area contributed by atoms with Crippen molar-refractivity contribution in [2.24, 2.45) is 20.5 Å². The first-order valence-electron chi connectivity index (χ1n) is 21.9. The number of allylic oxidation sites excluding steroid dienone is 2. The van der Waals surface area contributed by atoms with Crippen LogP contribution in [0.25, 0.3) is 0 Å². The standard InChI is InChI=1S/C45H56F3IN4O10/c1-29-25-31(42(58)61-29)27-43(50-51-43)23-11-7-5-3-2-4-6-9-13-34(54)36-17-19-38(62-36)39-20-18-37(63-39)35(55)14-10-8-12-24-59-40(56)21-22-41(57)60-28-30-15-16-32(26-33(30)49)44(52-53-44)45(46,47)48/h2,4,15-16,25-26,29,34-39,54-55H,3,5,7-8,10-14,17-24,27-28H2,1H3/b4-2-/t29-,34+,35+,36+,37+,38+,39+/m0/s1. The van der Waals surface area contributed by atoms with Crippen LogP contribution in [0, 0.1) is 15.4 Å². The van der Waals surface area contributed by atoms with Crippen molar-refractivity contribution < 1.29 is 61.5 Å². The Labute approximate surface area is 379 Å². The van der Waals surface area contributed by atoms with Crippen molar-refractivity contribution in [2.45, 2.75) is 183 Å². The Morgan fingerprint density at radius 1 is 0.937 bits per heavy atom. The largest absolute Gasteiger partial charge is 0.466 e. The molecule has 0 radical (unpaired) electrons. The molecule has 0 saturated carbocycles. The minimum Gasteiger partial charge on any atom is -0.466 e. The highest BCUT2D eigenvalue weighted by Gasteiger charge is 2.65. The normalized spacial score (nSPS) is 25.0. The van der Waals surface area contributed by atoms with Crippen LogP contribution in [0.2, 0.25) is 0 Å². The highest BCUT2D eigenvalue weighted by Crippen LogP contribution is 2.52. The molecule has 2 N–H and O–H groups in total. The molecule has 18 heteroatoms. The van der Waals surface area contributed by atoms with Crippen LogP contribution in [-0.2, 0) is 50.3 Å². The lowest BCUT2D eigenvalue weighted by Crippen LogP contribution is -2.33. The van der Waals surface area contributed by atoms with E-state index in [9.17, 15) is 37.8 Å². The quantitative estimate of drug-likeness (QED) is 0.0334. The first kappa shape index (κ1) is 48.7. The summed E-state index contributed by atoms with van der Waals surface area (Å²) < 4.78 is 68.3. The number of hydrogen-bond donors (Lipinski definition) is 2. The van der Waals surface area contributed by atoms with Crippen molar-refractivity contribution in [3.8, 4) is 11.8 Å². The van der Waals surface area contributed by atoms with Gasteiger partial charge in [0, 0.05) is 33.1 Å². The maximum Gasteiger partial charge on any atom is 0.442 e. The number of carbonyl (C=O) groups excluding carboxylic acids is 3. The number of benzene rings is 1. The van der Waals surface area contributed by atoms with Crippen LogP contribution in [0.3, 0.4) is 0 Å². The first-order chi connectivity index (χ1) is 30.2. The Hall–Kier alpha value is -3.77. The molecular weight excluding hydrogens is 940 g/mol. The lowest BCUT2D eigenvalue weighted by molar-refractivity contribution is -0.166. The number of alkyl halides is 3. The molecule has 0 spiro atoms. The Morgan fingerprint density at radius 2 is 1.62 bits per heavy atom. The molecule has 2 saturated heterocycles. The van der Waals surface area contributed by atoms with Gasteiger partial charge in [-0.1, -0.05) is 42.9 Å². The molecule has 0 unspecified atom stereocenters. The zero-order chi connectivity index (χ0) is 45.0. The maximum absolute atomic E-state index is 13.3. The second-order valence-corrected chi connectivity index (χ2v) is 18.0. The predicted molar refractivity (Wildman–Crippen MR) is 228 cm³/mol. The lowest BCUT2D eigenvalue weighted by Gasteiger charge is -2.23. The molecule has 2 fully saturated rings. The second-order valence-electron chi connectivity index (χ2n) is 16.8. The van der Waals surface area contributed by atoms with E-state index in [1.807, 2.05) is 47.7 Å². The van der Waals surface area contributed by atoms with E-state index in [0.717, 1.165) is 70.6 Å². The van der Waals surface area contributed by atoms with Gasteiger partial charge in [0.1, 0.15) is 12.7 Å². The Morgan fingerprint density at radius 3 is 2.25 bits per heavy atom. The predicted octanol–water partition coefficient (Wildman–Crippen LogP) is 8.54. The third-order valence-electron chi connectivity index (χ3n) is 11.8. The number of esters is 3. The molecule has 5 aliphatic rings. The van der Waals surface area contributed by atoms with Crippen molar-refractivity contribution in [2.75, 3.05) is 6.61 Å². The van der Waals surface area contributed by atoms with Gasteiger partial charge in [0.25, 0.3) is 0 Å². The van der Waals surface area contributed by atoms with E-state index in [-0.39, 0.29) is 68.1 Å². The fraction of sp³-hybridized carbons (Fsp3) is 0.667. The van der Waals surface area contributed by atoms with Gasteiger partial charge in [-0.25, -0.2) is 4.79 Å². The van der Waals surface area contributed by atoms with Crippen molar-refractivity contribution in [3.63, 3.8) is 0 Å². The topological polar surface area (TPSA) is 187 Å². The number of hydrogen-bond acceptors (Lipinski definition) is 14. The minimum absolute atomic E-state index is 0.108. The fourth-order valence-corrected chi connectivity index (χ4v) is 8.74. The van der Waals surface area contributed by atoms with Gasteiger partial charge in [-0.2, -0.15) is 23.4 Å². The molecule has 0 bridgehead atoms. The Bertz CT molecular complexity index is 1950. The van der Waals surface area contributed by atoms with Gasteiger partial charge < -0.3 is 33.9 Å². The monoisotopic (exact) mass is 996 g/mol. The van der Waals surface area contributed by atoms with Crippen LogP contribution in [-0.4, -0.2) is 89.3 Å². The van der Waals surface area contributed by atoms with E-state index in [1.54, 1.807) is 0 Å². The second kappa shape index (κ2) is 22.4. The maximum atomic E-state index is 13.3. The summed E-state index contributed by atoms with van der Waals surface area (Å²) in [6.07, 6.45) is 9.53. The van der Waals surface area contributed by atoms with Crippen LogP contribution >= 0.6 is 22.6 Å². The molecule has 6 rings (SSSR count). The zero-order valence-corrected chi connectivity index (χ0v) is 37.6. The summed E-state index contributed by atoms with van der Waals surface area (Å²) in [6, 6.07) is 4.00. The zero-order valence-electron chi connectivity index (χ0n) is 35.4. The molecule has 5 aliphatic heterocycles. The van der Waals surface area contributed by atoms with Gasteiger partial charge in [0.15, 0.2) is 5.66 Å². The number of unbranched alkanes of at least 4 members (excludes halogenated alkanes) is 5. The van der Waals surface area contributed by atoms with E-state index in [1.165, 1.54) is 18.2 Å². The summed E-state index contributed by atoms with van der Waals surface area (Å²) in [5, 5.41) is 36.3. The van der Waals surface area contributed by atoms with Gasteiger partial charge in [-0.05, 0) is 118 Å². The van der Waals surface area contributed by atoms with Crippen molar-refractivity contribution in [1.82, 2.24) is 0 Å². The van der Waals surface area contributed by atoms with Crippen LogP contribution in [0.15, 0.2) is 62.5 Å². The van der Waals surface area contributed by atoms with Crippen molar-refractivity contribution >= 4 is 40.5 Å². The number of carbonyl (C=O) groups is 3. The van der Waals surface area contributed by atoms with Crippen molar-refractivity contribution in [3.05, 3.63) is 56.7 Å². The molecule has 0 amide bonds. The Balaban J connectivity index is 0.745. The summed E-state index contributed by atoms with van der Waals surface area (Å²) in [5.74, 6) is 4.62. The summed E-state index contributed by atoms with van der Waals surface area (Å²) in [4.78, 5) is 36.2. The fourth-order valence-electron chi connectivity index (χ4n) is 8.07. The number of cyclic esters (lactones) is 1. The molecule has 7 atom stereocenters. The molecule has 1 aromatic rings. The molecule has 14 nitrogen and oxygen atoms in total. The summed E-state index contributed by atoms with van der Waals surface area (Å²) in [5.41, 5.74) is -1.88. The summed E-state index contributed by atoms with van der Waals surface area (Å²) >= 11 is 1.86. The van der Waals surface area contributed by atoms with E-state index < -0.39 is 41.6 Å². The van der Waals surface area contributed by atoms with Crippen molar-refractivity contribution in [1.29, 1.82) is 0 Å². The molecule has 63 heavy (non-hydrogen) atoms. The summed E-state index contributed by atoms with van der Waals surface area (Å²) in [6.45, 7) is 1.87. The lowest BCUT2D eigenvalue weighted by atomic mass is 9.97. The van der Waals surface area contributed by atoms with E-state index >= 15 is 0 Å². The van der Waals surface area contributed by atoms with E-state index in [0.29, 0.717) is 40.4 Å². The van der Waals surface area contributed by atoms with Crippen LogP contribution in [0.4, 0.5) is 13.2 Å². The van der Waals surface area contributed by atoms with Gasteiger partial charge in [0.2, 0.25) is 0 Å². The average molecular weight is 997 g/mol. The van der Waals surface area contributed by atoms with Crippen LogP contribution in [0.1, 0.15) is 127 Å². The van der Waals surface area contributed by atoms with Gasteiger partial charge in [-0.3, -0.25) is 9.59 Å². The van der Waals surface area contributed by atoms with Gasteiger partial charge in [-0.15, -0.1) is 10.2 Å². The molecular formula is C45H56F3IN4O10. The number of rotatable bonds is 24. The van der Waals surface area contributed by atoms with E-state index in [2.05, 4.69) is 32.3 Å². The average Bonchev–Trinajstić information content (AvgIpc) is 4.05. The molecule has 1 aromatic carbocycles. The highest BCUT2D eigenvalue weighted by atomic mass is 127. The molecule has 344 valence electrons. The smallest absolute Gasteiger partial charge is 0.442 e. The SMILES string of the molecule is C[C@H]1C=C(CC2(CCCCC/C=C\C#CC[C@@H](O)[C@H]3CC[C@H]([C@H]4CC[C@H]([C@H](O)CCCCCOC(=O)CCC(=O)OCc5ccc(C6(C(F)(F)F)N=N6)cc5I)O4)O3)N=N2)C(=O)O1. The first-order valence-corrected chi connectivity index (χ1v) is 23.0. The molecule has 0 aliphatic carbocycles. The third kappa shape index (κ3) is 14.1. The van der Waals surface area contributed by atoms with Gasteiger partial charge >= 0.3 is 29.7 Å². The molecule has 0 aromatic heterocycles. The number of ether oxygens (including phenoxy) is 5. The number of halogens is 4. The summed E-state index contributed by atoms with van der Waals surface area (Å²) in [7, 11) is 0. The number of aliphatic hydroxyl groups is 2. The minimum atomic E-state index is -4.63. The Kier molecular flexibility index (Phi) is 17.3. The number of aliphatic hydroxyl groups excluding tert-OH is 2. The highest BCUT2D eigenvalue weighted by molar-refractivity contribution is 14.1. The van der Waals surface area contributed by atoms with Crippen LogP contribution < -0.4 is 0 Å². The van der Waals surface area contributed by atoms with E-state index in [4.69, 9.17) is 23.7 Å². The molecule has 5 heterocycles. The van der Waals surface area contributed by atoms with Crippen LogP contribution in [0.5, 0.6) is 0 Å². The third-order valence-corrected chi connectivity index (χ3v) is 12.8. The van der Waals surface area contributed by atoms with Gasteiger partial charge in [0.05, 0.1) is 56.1 Å².